The summed E-state index contributed by atoms with van der Waals surface area (Å²) in [4.78, 5) is 0. The van der Waals surface area contributed by atoms with Gasteiger partial charge >= 0.3 is 0 Å². The van der Waals surface area contributed by atoms with Crippen LogP contribution in [0.1, 0.15) is 19.3 Å². The van der Waals surface area contributed by atoms with E-state index in [9.17, 15) is 8.42 Å². The summed E-state index contributed by atoms with van der Waals surface area (Å²) in [5, 5.41) is 8.84. The van der Waals surface area contributed by atoms with Gasteiger partial charge in [0.05, 0.1) is 11.5 Å². The van der Waals surface area contributed by atoms with Crippen LogP contribution in [-0.4, -0.2) is 38.2 Å². The molecule has 0 aliphatic carbocycles. The number of hydrogen-bond acceptors (Lipinski definition) is 4. The van der Waals surface area contributed by atoms with Crippen LogP contribution in [0.5, 0.6) is 0 Å². The van der Waals surface area contributed by atoms with Gasteiger partial charge in [-0.05, 0) is 31.2 Å². The van der Waals surface area contributed by atoms with Gasteiger partial charge < -0.3 is 10.8 Å². The lowest BCUT2D eigenvalue weighted by molar-refractivity contribution is 0.172. The summed E-state index contributed by atoms with van der Waals surface area (Å²) >= 11 is 0. The van der Waals surface area contributed by atoms with E-state index in [1.54, 1.807) is 0 Å². The fourth-order valence-electron chi connectivity index (χ4n) is 1.76. The minimum atomic E-state index is -2.82. The van der Waals surface area contributed by atoms with Crippen LogP contribution in [0.25, 0.3) is 0 Å². The first kappa shape index (κ1) is 10.9. The molecule has 0 spiro atoms. The van der Waals surface area contributed by atoms with E-state index in [4.69, 9.17) is 10.8 Å². The second-order valence-corrected chi connectivity index (χ2v) is 6.13. The third-order valence-corrected chi connectivity index (χ3v) is 4.61. The largest absolute Gasteiger partial charge is 0.396 e. The summed E-state index contributed by atoms with van der Waals surface area (Å²) < 4.78 is 22.3. The van der Waals surface area contributed by atoms with E-state index in [2.05, 4.69) is 0 Å². The molecule has 0 saturated carbocycles. The molecule has 0 radical (unpaired) electrons. The molecule has 0 unspecified atom stereocenters. The smallest absolute Gasteiger partial charge is 0.150 e. The molecule has 1 heterocycles. The topological polar surface area (TPSA) is 80.4 Å². The van der Waals surface area contributed by atoms with Gasteiger partial charge in [0, 0.05) is 6.61 Å². The summed E-state index contributed by atoms with van der Waals surface area (Å²) in [5.41, 5.74) is 5.48. The Balaban J connectivity index is 2.63. The van der Waals surface area contributed by atoms with Crippen molar-refractivity contribution < 1.29 is 13.5 Å². The minimum absolute atomic E-state index is 0.0945. The van der Waals surface area contributed by atoms with Crippen LogP contribution in [0.2, 0.25) is 0 Å². The Morgan fingerprint density at radius 2 is 1.85 bits per heavy atom. The van der Waals surface area contributed by atoms with Crippen molar-refractivity contribution in [1.29, 1.82) is 0 Å². The molecular weight excluding hydrogens is 190 g/mol. The van der Waals surface area contributed by atoms with Gasteiger partial charge in [0.25, 0.3) is 0 Å². The van der Waals surface area contributed by atoms with Crippen LogP contribution in [-0.2, 0) is 9.84 Å². The number of aliphatic hydroxyl groups excluding tert-OH is 1. The zero-order valence-electron chi connectivity index (χ0n) is 7.70. The number of rotatable bonds is 3. The highest BCUT2D eigenvalue weighted by molar-refractivity contribution is 7.91. The Hall–Kier alpha value is -0.130. The summed E-state index contributed by atoms with van der Waals surface area (Å²) in [6.45, 7) is 0.570. The third-order valence-electron chi connectivity index (χ3n) is 2.96. The zero-order chi connectivity index (χ0) is 9.95. The number of sulfone groups is 1. The van der Waals surface area contributed by atoms with E-state index in [0.29, 0.717) is 25.8 Å². The molecule has 0 atom stereocenters. The van der Waals surface area contributed by atoms with Crippen LogP contribution < -0.4 is 5.73 Å². The van der Waals surface area contributed by atoms with Crippen molar-refractivity contribution in [2.24, 2.45) is 11.1 Å². The Morgan fingerprint density at radius 1 is 1.31 bits per heavy atom. The summed E-state index contributed by atoms with van der Waals surface area (Å²) in [6.07, 6.45) is 1.83. The molecule has 0 aromatic rings. The van der Waals surface area contributed by atoms with Gasteiger partial charge in [0.1, 0.15) is 9.84 Å². The van der Waals surface area contributed by atoms with E-state index in [-0.39, 0.29) is 23.5 Å². The van der Waals surface area contributed by atoms with Gasteiger partial charge in [-0.2, -0.15) is 0 Å². The van der Waals surface area contributed by atoms with E-state index < -0.39 is 9.84 Å². The molecule has 1 rings (SSSR count). The monoisotopic (exact) mass is 207 g/mol. The Morgan fingerprint density at radius 3 is 2.23 bits per heavy atom. The van der Waals surface area contributed by atoms with Gasteiger partial charge in [-0.1, -0.05) is 0 Å². The highest BCUT2D eigenvalue weighted by atomic mass is 32.2. The van der Waals surface area contributed by atoms with Gasteiger partial charge in [-0.3, -0.25) is 0 Å². The highest BCUT2D eigenvalue weighted by Gasteiger charge is 2.35. The summed E-state index contributed by atoms with van der Waals surface area (Å²) in [5.74, 6) is 0.453. The first-order valence-electron chi connectivity index (χ1n) is 4.55. The molecular formula is C8H17NO3S. The van der Waals surface area contributed by atoms with Gasteiger partial charge in [0.15, 0.2) is 0 Å². The number of nitrogens with two attached hydrogens (primary N) is 1. The van der Waals surface area contributed by atoms with Crippen molar-refractivity contribution in [2.45, 2.75) is 19.3 Å². The maximum atomic E-state index is 11.2. The standard InChI is InChI=1S/C8H17NO3S/c9-7-8(1-4-10)2-5-13(11,12)6-3-8/h10H,1-7,9H2. The SMILES string of the molecule is NCC1(CCO)CCS(=O)(=O)CC1. The highest BCUT2D eigenvalue weighted by Crippen LogP contribution is 2.34. The van der Waals surface area contributed by atoms with Crippen molar-refractivity contribution in [3.63, 3.8) is 0 Å². The van der Waals surface area contributed by atoms with E-state index in [1.165, 1.54) is 0 Å². The molecule has 1 saturated heterocycles. The lowest BCUT2D eigenvalue weighted by Crippen LogP contribution is -2.39. The van der Waals surface area contributed by atoms with Crippen LogP contribution >= 0.6 is 0 Å². The van der Waals surface area contributed by atoms with Crippen LogP contribution in [0.3, 0.4) is 0 Å². The molecule has 1 aliphatic heterocycles. The Bertz CT molecular complexity index is 247. The van der Waals surface area contributed by atoms with Crippen molar-refractivity contribution in [1.82, 2.24) is 0 Å². The lowest BCUT2D eigenvalue weighted by Gasteiger charge is -2.35. The molecule has 13 heavy (non-hydrogen) atoms. The van der Waals surface area contributed by atoms with Crippen LogP contribution in [0.15, 0.2) is 0 Å². The van der Waals surface area contributed by atoms with E-state index in [0.717, 1.165) is 0 Å². The van der Waals surface area contributed by atoms with Crippen molar-refractivity contribution >= 4 is 9.84 Å². The second kappa shape index (κ2) is 3.94. The maximum Gasteiger partial charge on any atom is 0.150 e. The van der Waals surface area contributed by atoms with Gasteiger partial charge in [-0.25, -0.2) is 8.42 Å². The predicted molar refractivity (Wildman–Crippen MR) is 51.1 cm³/mol. The zero-order valence-corrected chi connectivity index (χ0v) is 8.52. The average Bonchev–Trinajstić information content (AvgIpc) is 2.10. The molecule has 1 aliphatic rings. The number of aliphatic hydroxyl groups is 1. The third kappa shape index (κ3) is 2.65. The maximum absolute atomic E-state index is 11.2. The first-order valence-corrected chi connectivity index (χ1v) is 6.37. The van der Waals surface area contributed by atoms with E-state index in [1.807, 2.05) is 0 Å². The Kier molecular flexibility index (Phi) is 3.32. The predicted octanol–water partition coefficient (Wildman–Crippen LogP) is -0.478. The molecule has 3 N–H and O–H groups in total. The fraction of sp³-hybridized carbons (Fsp3) is 1.00. The molecule has 0 amide bonds. The molecule has 4 nitrogen and oxygen atoms in total. The normalized spacial score (nSPS) is 25.7. The average molecular weight is 207 g/mol. The second-order valence-electron chi connectivity index (χ2n) is 3.83. The van der Waals surface area contributed by atoms with E-state index >= 15 is 0 Å². The van der Waals surface area contributed by atoms with Crippen LogP contribution in [0.4, 0.5) is 0 Å². The fourth-order valence-corrected chi connectivity index (χ4v) is 3.46. The first-order chi connectivity index (χ1) is 6.04. The quantitative estimate of drug-likeness (QED) is 0.655. The van der Waals surface area contributed by atoms with Gasteiger partial charge in [0.2, 0.25) is 0 Å². The van der Waals surface area contributed by atoms with Crippen molar-refractivity contribution in [3.05, 3.63) is 0 Å². The Labute approximate surface area is 79.0 Å². The van der Waals surface area contributed by atoms with Crippen molar-refractivity contribution in [2.75, 3.05) is 24.7 Å². The molecule has 0 aromatic carbocycles. The van der Waals surface area contributed by atoms with Gasteiger partial charge in [-0.15, -0.1) is 0 Å². The summed E-state index contributed by atoms with van der Waals surface area (Å²) in [7, 11) is -2.82. The van der Waals surface area contributed by atoms with Crippen molar-refractivity contribution in [3.8, 4) is 0 Å². The molecule has 1 fully saturated rings. The molecule has 0 aromatic heterocycles. The number of hydrogen-bond donors (Lipinski definition) is 2. The lowest BCUT2D eigenvalue weighted by atomic mass is 9.79. The molecule has 5 heteroatoms. The molecule has 0 bridgehead atoms. The minimum Gasteiger partial charge on any atom is -0.396 e. The summed E-state index contributed by atoms with van der Waals surface area (Å²) in [6, 6.07) is 0. The molecule has 78 valence electrons. The van der Waals surface area contributed by atoms with Crippen LogP contribution in [0, 0.1) is 5.41 Å².